The number of amides is 1. The number of phenols is 1. The van der Waals surface area contributed by atoms with E-state index in [4.69, 9.17) is 9.47 Å². The van der Waals surface area contributed by atoms with Gasteiger partial charge in [0.15, 0.2) is 11.5 Å². The van der Waals surface area contributed by atoms with Gasteiger partial charge in [-0.3, -0.25) is 4.79 Å². The number of hydrogen-bond donors (Lipinski definition) is 2. The second kappa shape index (κ2) is 9.01. The van der Waals surface area contributed by atoms with E-state index in [9.17, 15) is 9.90 Å². The van der Waals surface area contributed by atoms with Crippen LogP contribution in [0.5, 0.6) is 17.2 Å². The fourth-order valence-electron chi connectivity index (χ4n) is 7.13. The molecule has 2 aromatic carbocycles. The molecule has 0 aliphatic heterocycles. The topological polar surface area (TPSA) is 67.8 Å². The van der Waals surface area contributed by atoms with Crippen molar-refractivity contribution in [1.29, 1.82) is 0 Å². The van der Waals surface area contributed by atoms with Crippen molar-refractivity contribution in [2.45, 2.75) is 57.4 Å². The first-order chi connectivity index (χ1) is 16.4. The molecule has 3 aliphatic rings. The summed E-state index contributed by atoms with van der Waals surface area (Å²) in [5.74, 6) is 3.36. The second-order valence-corrected chi connectivity index (χ2v) is 10.4. The average molecular weight is 462 g/mol. The molecular formula is C29H35NO4. The van der Waals surface area contributed by atoms with Crippen LogP contribution in [0.2, 0.25) is 0 Å². The summed E-state index contributed by atoms with van der Waals surface area (Å²) in [6, 6.07) is 12.0. The number of phenolic OH excluding ortho intramolecular Hbond substituents is 1. The Labute approximate surface area is 202 Å². The molecule has 0 unspecified atom stereocenters. The monoisotopic (exact) mass is 461 g/mol. The number of carbonyl (C=O) groups is 1. The molecule has 34 heavy (non-hydrogen) atoms. The Kier molecular flexibility index (Phi) is 6.05. The van der Waals surface area contributed by atoms with Gasteiger partial charge >= 0.3 is 0 Å². The summed E-state index contributed by atoms with van der Waals surface area (Å²) < 4.78 is 10.5. The maximum absolute atomic E-state index is 12.8. The summed E-state index contributed by atoms with van der Waals surface area (Å²) in [6.45, 7) is 2.40. The van der Waals surface area contributed by atoms with Crippen LogP contribution >= 0.6 is 0 Å². The lowest BCUT2D eigenvalue weighted by atomic mass is 9.55. The minimum atomic E-state index is -0.0645. The van der Waals surface area contributed by atoms with Crippen LogP contribution in [-0.4, -0.2) is 31.3 Å². The summed E-state index contributed by atoms with van der Waals surface area (Å²) in [4.78, 5) is 12.8. The van der Waals surface area contributed by atoms with Crippen LogP contribution in [0.4, 0.5) is 0 Å². The van der Waals surface area contributed by atoms with Gasteiger partial charge in [-0.15, -0.1) is 0 Å². The second-order valence-electron chi connectivity index (χ2n) is 10.4. The molecule has 2 saturated carbocycles. The van der Waals surface area contributed by atoms with Crippen molar-refractivity contribution in [2.24, 2.45) is 17.3 Å². The van der Waals surface area contributed by atoms with Gasteiger partial charge in [-0.25, -0.2) is 0 Å². The van der Waals surface area contributed by atoms with Gasteiger partial charge in [-0.2, -0.15) is 0 Å². The SMILES string of the molecule is COc1ccc2c(c1)CC[C@@H]1[C@@H]2CC[C@]2(C)[C@@H](NC(=O)/C=C/c3ccc(OC)c(O)c3)CC[C@@H]12. The molecule has 0 spiro atoms. The number of benzene rings is 2. The number of hydrogen-bond acceptors (Lipinski definition) is 4. The first-order valence-corrected chi connectivity index (χ1v) is 12.5. The van der Waals surface area contributed by atoms with Crippen LogP contribution in [0.1, 0.15) is 61.6 Å². The number of rotatable bonds is 5. The van der Waals surface area contributed by atoms with E-state index in [0.717, 1.165) is 30.6 Å². The fourth-order valence-corrected chi connectivity index (χ4v) is 7.13. The van der Waals surface area contributed by atoms with Crippen LogP contribution in [0.15, 0.2) is 42.5 Å². The number of fused-ring (bicyclic) bond motifs is 5. The van der Waals surface area contributed by atoms with E-state index in [1.807, 2.05) is 6.07 Å². The molecule has 0 aromatic heterocycles. The van der Waals surface area contributed by atoms with E-state index in [1.165, 1.54) is 37.5 Å². The molecule has 5 nitrogen and oxygen atoms in total. The van der Waals surface area contributed by atoms with E-state index >= 15 is 0 Å². The first-order valence-electron chi connectivity index (χ1n) is 12.5. The number of nitrogens with one attached hydrogen (secondary N) is 1. The number of aromatic hydroxyl groups is 1. The van der Waals surface area contributed by atoms with Gasteiger partial charge in [0.2, 0.25) is 5.91 Å². The van der Waals surface area contributed by atoms with Gasteiger partial charge in [-0.1, -0.05) is 19.1 Å². The predicted molar refractivity (Wildman–Crippen MR) is 133 cm³/mol. The van der Waals surface area contributed by atoms with E-state index in [2.05, 4.69) is 30.4 Å². The van der Waals surface area contributed by atoms with Gasteiger partial charge < -0.3 is 19.9 Å². The third-order valence-corrected chi connectivity index (χ3v) is 8.88. The van der Waals surface area contributed by atoms with Crippen LogP contribution < -0.4 is 14.8 Å². The molecule has 5 heteroatoms. The van der Waals surface area contributed by atoms with Crippen molar-refractivity contribution in [3.63, 3.8) is 0 Å². The highest BCUT2D eigenvalue weighted by atomic mass is 16.5. The zero-order chi connectivity index (χ0) is 23.9. The average Bonchev–Trinajstić information content (AvgIpc) is 3.18. The minimum absolute atomic E-state index is 0.0645. The molecule has 3 aliphatic carbocycles. The molecule has 180 valence electrons. The van der Waals surface area contributed by atoms with E-state index < -0.39 is 0 Å². The molecule has 1 amide bonds. The molecular weight excluding hydrogens is 426 g/mol. The Morgan fingerprint density at radius 1 is 1.09 bits per heavy atom. The zero-order valence-corrected chi connectivity index (χ0v) is 20.3. The summed E-state index contributed by atoms with van der Waals surface area (Å²) >= 11 is 0. The Bertz CT molecular complexity index is 1110. The molecule has 0 bridgehead atoms. The molecule has 2 aromatic rings. The number of ether oxygens (including phenoxy) is 2. The van der Waals surface area contributed by atoms with Crippen molar-refractivity contribution in [2.75, 3.05) is 14.2 Å². The molecule has 5 atom stereocenters. The van der Waals surface area contributed by atoms with Gasteiger partial charge in [0, 0.05) is 12.1 Å². The standard InChI is InChI=1S/C29H35NO4/c1-29-15-14-22-21-9-7-20(33-2)17-19(21)6-8-23(22)24(29)10-12-27(29)30-28(32)13-5-18-4-11-26(34-3)25(31)16-18/h4-5,7,9,11,13,16-17,22-24,27,31H,6,8,10,12,14-15H2,1-3H3,(H,30,32)/b13-5+/t22-,23-,24+,27+,29+/m1/s1. The van der Waals surface area contributed by atoms with E-state index in [0.29, 0.717) is 23.5 Å². The molecule has 5 rings (SSSR count). The smallest absolute Gasteiger partial charge is 0.244 e. The van der Waals surface area contributed by atoms with Crippen LogP contribution in [0.25, 0.3) is 6.08 Å². The van der Waals surface area contributed by atoms with Gasteiger partial charge in [-0.05, 0) is 109 Å². The lowest BCUT2D eigenvalue weighted by Gasteiger charge is -2.51. The summed E-state index contributed by atoms with van der Waals surface area (Å²) in [5.41, 5.74) is 3.90. The number of carbonyl (C=O) groups excluding carboxylic acids is 1. The van der Waals surface area contributed by atoms with Crippen molar-refractivity contribution >= 4 is 12.0 Å². The van der Waals surface area contributed by atoms with Gasteiger partial charge in [0.1, 0.15) is 5.75 Å². The van der Waals surface area contributed by atoms with Crippen molar-refractivity contribution in [1.82, 2.24) is 5.32 Å². The summed E-state index contributed by atoms with van der Waals surface area (Å²) in [7, 11) is 3.26. The highest BCUT2D eigenvalue weighted by molar-refractivity contribution is 5.92. The Morgan fingerprint density at radius 2 is 1.94 bits per heavy atom. The molecule has 0 saturated heterocycles. The third-order valence-electron chi connectivity index (χ3n) is 8.88. The highest BCUT2D eigenvalue weighted by Crippen LogP contribution is 2.61. The normalized spacial score (nSPS) is 29.7. The first kappa shape index (κ1) is 22.8. The van der Waals surface area contributed by atoms with E-state index in [-0.39, 0.29) is 23.1 Å². The summed E-state index contributed by atoms with van der Waals surface area (Å²) in [5, 5.41) is 13.3. The van der Waals surface area contributed by atoms with Crippen molar-refractivity contribution < 1.29 is 19.4 Å². The maximum Gasteiger partial charge on any atom is 0.244 e. The van der Waals surface area contributed by atoms with Crippen molar-refractivity contribution in [3.8, 4) is 17.2 Å². The summed E-state index contributed by atoms with van der Waals surface area (Å²) in [6.07, 6.45) is 10.2. The largest absolute Gasteiger partial charge is 0.504 e. The predicted octanol–water partition coefficient (Wildman–Crippen LogP) is 5.46. The van der Waals surface area contributed by atoms with E-state index in [1.54, 1.807) is 31.4 Å². The van der Waals surface area contributed by atoms with Crippen LogP contribution in [-0.2, 0) is 11.2 Å². The lowest BCUT2D eigenvalue weighted by Crippen LogP contribution is -2.49. The van der Waals surface area contributed by atoms with Crippen molar-refractivity contribution in [3.05, 3.63) is 59.2 Å². The molecule has 0 heterocycles. The Hall–Kier alpha value is -2.95. The van der Waals surface area contributed by atoms with Crippen LogP contribution in [0, 0.1) is 17.3 Å². The third kappa shape index (κ3) is 3.95. The van der Waals surface area contributed by atoms with Gasteiger partial charge in [0.05, 0.1) is 14.2 Å². The number of aryl methyl sites for hydroxylation is 1. The van der Waals surface area contributed by atoms with Gasteiger partial charge in [0.25, 0.3) is 0 Å². The van der Waals surface area contributed by atoms with Crippen LogP contribution in [0.3, 0.4) is 0 Å². The minimum Gasteiger partial charge on any atom is -0.504 e. The molecule has 2 fully saturated rings. The molecule has 0 radical (unpaired) electrons. The quantitative estimate of drug-likeness (QED) is 0.580. The zero-order valence-electron chi connectivity index (χ0n) is 20.3. The fraction of sp³-hybridized carbons (Fsp3) is 0.483. The highest BCUT2D eigenvalue weighted by Gasteiger charge is 2.55. The Balaban J connectivity index is 1.27. The number of methoxy groups -OCH3 is 2. The molecule has 2 N–H and O–H groups in total. The maximum atomic E-state index is 12.8. The Morgan fingerprint density at radius 3 is 2.71 bits per heavy atom. The lowest BCUT2D eigenvalue weighted by molar-refractivity contribution is -0.118.